The lowest BCUT2D eigenvalue weighted by Crippen LogP contribution is -2.37. The summed E-state index contributed by atoms with van der Waals surface area (Å²) in [6.45, 7) is 8.89. The van der Waals surface area contributed by atoms with E-state index < -0.39 is 9.84 Å². The van der Waals surface area contributed by atoms with Gasteiger partial charge in [-0.1, -0.05) is 0 Å². The second-order valence-corrected chi connectivity index (χ2v) is 8.69. The Labute approximate surface area is 126 Å². The summed E-state index contributed by atoms with van der Waals surface area (Å²) in [6.07, 6.45) is 2.36. The van der Waals surface area contributed by atoms with Gasteiger partial charge in [0.05, 0.1) is 11.5 Å². The summed E-state index contributed by atoms with van der Waals surface area (Å²) >= 11 is 0. The largest absolute Gasteiger partial charge is 0.365 e. The van der Waals surface area contributed by atoms with E-state index in [0.717, 1.165) is 5.82 Å². The van der Waals surface area contributed by atoms with E-state index in [9.17, 15) is 8.42 Å². The molecule has 6 nitrogen and oxygen atoms in total. The molecule has 7 heteroatoms. The molecule has 1 N–H and O–H groups in total. The van der Waals surface area contributed by atoms with Crippen molar-refractivity contribution in [2.24, 2.45) is 0 Å². The van der Waals surface area contributed by atoms with Crippen LogP contribution in [0.1, 0.15) is 34.1 Å². The molecule has 0 aliphatic carbocycles. The molecule has 2 rings (SSSR count). The smallest absolute Gasteiger partial charge is 0.227 e. The molecule has 1 saturated heterocycles. The van der Waals surface area contributed by atoms with Crippen LogP contribution in [0.5, 0.6) is 0 Å². The van der Waals surface area contributed by atoms with Gasteiger partial charge in [-0.3, -0.25) is 0 Å². The molecule has 1 aliphatic heterocycles. The predicted octanol–water partition coefficient (Wildman–Crippen LogP) is 1.70. The molecule has 1 aliphatic rings. The number of hydrogen-bond acceptors (Lipinski definition) is 6. The van der Waals surface area contributed by atoms with Crippen LogP contribution < -0.4 is 10.2 Å². The maximum Gasteiger partial charge on any atom is 0.227 e. The van der Waals surface area contributed by atoms with Crippen molar-refractivity contribution < 1.29 is 8.42 Å². The Morgan fingerprint density at radius 2 is 2.14 bits per heavy atom. The van der Waals surface area contributed by atoms with Crippen LogP contribution in [0, 0.1) is 0 Å². The van der Waals surface area contributed by atoms with Gasteiger partial charge in [-0.2, -0.15) is 4.98 Å². The van der Waals surface area contributed by atoms with E-state index in [4.69, 9.17) is 0 Å². The van der Waals surface area contributed by atoms with Gasteiger partial charge in [-0.05, 0) is 40.2 Å². The summed E-state index contributed by atoms with van der Waals surface area (Å²) in [6, 6.07) is 1.80. The molecule has 0 spiro atoms. The van der Waals surface area contributed by atoms with Crippen LogP contribution in [-0.2, 0) is 9.84 Å². The summed E-state index contributed by atoms with van der Waals surface area (Å²) < 4.78 is 23.3. The second-order valence-electron chi connectivity index (χ2n) is 6.46. The van der Waals surface area contributed by atoms with Crippen molar-refractivity contribution in [2.75, 3.05) is 28.3 Å². The van der Waals surface area contributed by atoms with Crippen LogP contribution in [0.4, 0.5) is 11.8 Å². The number of nitrogens with zero attached hydrogens (tertiary/aromatic N) is 3. The standard InChI is InChI=1S/C14H24N4O2S/c1-5-18(11-7-9-21(19,20)10-11)13-15-8-6-12(16-13)17-14(2,3)4/h6,8,11H,5,7,9-10H2,1-4H3,(H,15,16,17). The van der Waals surface area contributed by atoms with Crippen LogP contribution in [0.15, 0.2) is 12.3 Å². The number of rotatable bonds is 4. The molecule has 1 aromatic rings. The van der Waals surface area contributed by atoms with Crippen molar-refractivity contribution in [1.82, 2.24) is 9.97 Å². The lowest BCUT2D eigenvalue weighted by molar-refractivity contribution is 0.599. The van der Waals surface area contributed by atoms with Crippen LogP contribution in [0.2, 0.25) is 0 Å². The molecule has 1 fully saturated rings. The molecule has 0 bridgehead atoms. The lowest BCUT2D eigenvalue weighted by Gasteiger charge is -2.28. The van der Waals surface area contributed by atoms with Crippen LogP contribution in [0.3, 0.4) is 0 Å². The molecular formula is C14H24N4O2S. The number of aromatic nitrogens is 2. The Kier molecular flexibility index (Phi) is 4.41. The third-order valence-electron chi connectivity index (χ3n) is 3.39. The van der Waals surface area contributed by atoms with Gasteiger partial charge in [0.15, 0.2) is 9.84 Å². The van der Waals surface area contributed by atoms with Gasteiger partial charge in [0.1, 0.15) is 5.82 Å². The molecule has 0 aromatic carbocycles. The SMILES string of the molecule is CCN(c1nccc(NC(C)(C)C)n1)C1CCS(=O)(=O)C1. The van der Waals surface area contributed by atoms with E-state index in [1.807, 2.05) is 17.9 Å². The molecule has 0 saturated carbocycles. The third-order valence-corrected chi connectivity index (χ3v) is 5.14. The minimum atomic E-state index is -2.91. The average molecular weight is 312 g/mol. The molecule has 1 atom stereocenters. The Morgan fingerprint density at radius 1 is 1.43 bits per heavy atom. The highest BCUT2D eigenvalue weighted by molar-refractivity contribution is 7.91. The highest BCUT2D eigenvalue weighted by Crippen LogP contribution is 2.22. The Hall–Kier alpha value is -1.37. The second kappa shape index (κ2) is 5.79. The van der Waals surface area contributed by atoms with Crippen molar-refractivity contribution in [2.45, 2.75) is 45.7 Å². The number of sulfone groups is 1. The molecule has 0 amide bonds. The van der Waals surface area contributed by atoms with Gasteiger partial charge in [-0.25, -0.2) is 13.4 Å². The van der Waals surface area contributed by atoms with E-state index in [-0.39, 0.29) is 23.1 Å². The molecule has 1 aromatic heterocycles. The Bertz CT molecular complexity index is 595. The first-order chi connectivity index (χ1) is 9.70. The number of hydrogen-bond donors (Lipinski definition) is 1. The van der Waals surface area contributed by atoms with Gasteiger partial charge in [0.25, 0.3) is 0 Å². The van der Waals surface area contributed by atoms with E-state index in [1.54, 1.807) is 6.20 Å². The molecule has 118 valence electrons. The minimum absolute atomic E-state index is 0.0233. The number of nitrogens with one attached hydrogen (secondary N) is 1. The zero-order chi connectivity index (χ0) is 15.7. The fourth-order valence-electron chi connectivity index (χ4n) is 2.52. The van der Waals surface area contributed by atoms with Crippen molar-refractivity contribution in [1.29, 1.82) is 0 Å². The maximum atomic E-state index is 11.7. The molecule has 0 radical (unpaired) electrons. The van der Waals surface area contributed by atoms with E-state index >= 15 is 0 Å². The van der Waals surface area contributed by atoms with Crippen molar-refractivity contribution in [3.63, 3.8) is 0 Å². The van der Waals surface area contributed by atoms with Gasteiger partial charge in [0, 0.05) is 24.3 Å². The van der Waals surface area contributed by atoms with E-state index in [2.05, 4.69) is 36.1 Å². The average Bonchev–Trinajstić information content (AvgIpc) is 2.69. The van der Waals surface area contributed by atoms with Crippen LogP contribution in [-0.4, -0.2) is 48.0 Å². The van der Waals surface area contributed by atoms with Gasteiger partial charge < -0.3 is 10.2 Å². The fourth-order valence-corrected chi connectivity index (χ4v) is 4.26. The topological polar surface area (TPSA) is 75.2 Å². The summed E-state index contributed by atoms with van der Waals surface area (Å²) in [5.41, 5.74) is -0.0840. The summed E-state index contributed by atoms with van der Waals surface area (Å²) in [5.74, 6) is 1.80. The highest BCUT2D eigenvalue weighted by Gasteiger charge is 2.32. The maximum absolute atomic E-state index is 11.7. The zero-order valence-corrected chi connectivity index (χ0v) is 13.9. The lowest BCUT2D eigenvalue weighted by atomic mass is 10.1. The van der Waals surface area contributed by atoms with Crippen molar-refractivity contribution in [3.8, 4) is 0 Å². The van der Waals surface area contributed by atoms with Crippen LogP contribution in [0.25, 0.3) is 0 Å². The van der Waals surface area contributed by atoms with Crippen molar-refractivity contribution >= 4 is 21.6 Å². The summed E-state index contributed by atoms with van der Waals surface area (Å²) in [4.78, 5) is 10.8. The Balaban J connectivity index is 2.21. The normalized spacial score (nSPS) is 21.2. The summed E-state index contributed by atoms with van der Waals surface area (Å²) in [7, 11) is -2.91. The van der Waals surface area contributed by atoms with E-state index in [1.165, 1.54) is 0 Å². The minimum Gasteiger partial charge on any atom is -0.365 e. The quantitative estimate of drug-likeness (QED) is 0.912. The first-order valence-corrected chi connectivity index (χ1v) is 9.10. The van der Waals surface area contributed by atoms with Gasteiger partial charge >= 0.3 is 0 Å². The highest BCUT2D eigenvalue weighted by atomic mass is 32.2. The van der Waals surface area contributed by atoms with Crippen LogP contribution >= 0.6 is 0 Å². The summed E-state index contributed by atoms with van der Waals surface area (Å²) in [5, 5.41) is 3.31. The molecule has 21 heavy (non-hydrogen) atoms. The fraction of sp³-hybridized carbons (Fsp3) is 0.714. The monoisotopic (exact) mass is 312 g/mol. The number of anilines is 2. The zero-order valence-electron chi connectivity index (χ0n) is 13.1. The van der Waals surface area contributed by atoms with Gasteiger partial charge in [-0.15, -0.1) is 0 Å². The third kappa shape index (κ3) is 4.30. The first kappa shape index (κ1) is 16.0. The molecule has 1 unspecified atom stereocenters. The van der Waals surface area contributed by atoms with E-state index in [0.29, 0.717) is 18.9 Å². The first-order valence-electron chi connectivity index (χ1n) is 7.28. The van der Waals surface area contributed by atoms with Gasteiger partial charge in [0.2, 0.25) is 5.95 Å². The molecular weight excluding hydrogens is 288 g/mol. The predicted molar refractivity (Wildman–Crippen MR) is 85.5 cm³/mol. The Morgan fingerprint density at radius 3 is 2.67 bits per heavy atom. The molecule has 2 heterocycles. The van der Waals surface area contributed by atoms with Crippen molar-refractivity contribution in [3.05, 3.63) is 12.3 Å².